The second-order valence-electron chi connectivity index (χ2n) is 7.98. The van der Waals surface area contributed by atoms with Crippen LogP contribution in [0.15, 0.2) is 83.8 Å². The minimum absolute atomic E-state index is 0.00650. The highest BCUT2D eigenvalue weighted by Gasteiger charge is 2.24. The quantitative estimate of drug-likeness (QED) is 0.409. The molecule has 1 aliphatic rings. The van der Waals surface area contributed by atoms with E-state index in [4.69, 9.17) is 4.74 Å². The minimum atomic E-state index is -3.71. The molecule has 0 bridgehead atoms. The maximum absolute atomic E-state index is 12.4. The first kappa shape index (κ1) is 23.5. The van der Waals surface area contributed by atoms with Gasteiger partial charge in [-0.3, -0.25) is 20.4 Å². The number of hydrazine groups is 1. The molecule has 4 rings (SSSR count). The van der Waals surface area contributed by atoms with Crippen molar-refractivity contribution >= 4 is 21.8 Å². The van der Waals surface area contributed by atoms with Crippen molar-refractivity contribution < 1.29 is 22.7 Å². The van der Waals surface area contributed by atoms with Crippen molar-refractivity contribution in [3.8, 4) is 16.9 Å². The number of rotatable bonds is 9. The van der Waals surface area contributed by atoms with Gasteiger partial charge in [0.2, 0.25) is 10.0 Å². The van der Waals surface area contributed by atoms with Crippen LogP contribution in [0.25, 0.3) is 11.1 Å². The van der Waals surface area contributed by atoms with Crippen LogP contribution < -0.4 is 20.3 Å². The van der Waals surface area contributed by atoms with Gasteiger partial charge in [-0.2, -0.15) is 0 Å². The van der Waals surface area contributed by atoms with Crippen LogP contribution in [0.2, 0.25) is 0 Å². The van der Waals surface area contributed by atoms with E-state index in [9.17, 15) is 18.0 Å². The molecule has 0 aromatic heterocycles. The third kappa shape index (κ3) is 6.21. The molecule has 0 unspecified atom stereocenters. The summed E-state index contributed by atoms with van der Waals surface area (Å²) in [5, 5.41) is 0. The monoisotopic (exact) mass is 479 g/mol. The van der Waals surface area contributed by atoms with Crippen LogP contribution in [0.1, 0.15) is 23.2 Å². The van der Waals surface area contributed by atoms with E-state index < -0.39 is 21.8 Å². The molecule has 0 saturated heterocycles. The van der Waals surface area contributed by atoms with Crippen LogP contribution in [0.5, 0.6) is 5.75 Å². The normalized spacial score (nSPS) is 13.2. The lowest BCUT2D eigenvalue weighted by Crippen LogP contribution is -2.43. The van der Waals surface area contributed by atoms with Crippen LogP contribution in [-0.4, -0.2) is 33.4 Å². The Hall–Kier alpha value is -3.69. The molecule has 1 aliphatic carbocycles. The second kappa shape index (κ2) is 10.5. The predicted molar refractivity (Wildman–Crippen MR) is 127 cm³/mol. The highest BCUT2D eigenvalue weighted by molar-refractivity contribution is 7.89. The van der Waals surface area contributed by atoms with Gasteiger partial charge in [-0.05, 0) is 48.6 Å². The van der Waals surface area contributed by atoms with Crippen molar-refractivity contribution in [1.82, 2.24) is 15.6 Å². The molecular formula is C25H25N3O5S. The lowest BCUT2D eigenvalue weighted by molar-refractivity contribution is -0.123. The predicted octanol–water partition coefficient (Wildman–Crippen LogP) is 2.88. The highest BCUT2D eigenvalue weighted by atomic mass is 32.2. The van der Waals surface area contributed by atoms with E-state index in [1.165, 1.54) is 24.3 Å². The summed E-state index contributed by atoms with van der Waals surface area (Å²) >= 11 is 0. The van der Waals surface area contributed by atoms with Gasteiger partial charge in [0.25, 0.3) is 11.8 Å². The van der Waals surface area contributed by atoms with Crippen molar-refractivity contribution in [1.29, 1.82) is 0 Å². The van der Waals surface area contributed by atoms with E-state index in [1.54, 1.807) is 6.07 Å². The first-order valence-electron chi connectivity index (χ1n) is 10.9. The van der Waals surface area contributed by atoms with Crippen molar-refractivity contribution in [3.05, 3.63) is 84.4 Å². The summed E-state index contributed by atoms with van der Waals surface area (Å²) in [5.74, 6) is -0.284. The van der Waals surface area contributed by atoms with E-state index in [0.29, 0.717) is 18.2 Å². The number of benzene rings is 3. The van der Waals surface area contributed by atoms with Gasteiger partial charge in [0, 0.05) is 17.7 Å². The standard InChI is InChI=1S/C25H25N3O5S/c29-24(17-33-23-12-5-4-11-22(23)19-7-2-1-3-8-19)27-28-25(30)20-9-6-10-21(15-20)34(31,32)26-16-18-13-14-18/h1-12,15,18,26H,13-14,16-17H2,(H,27,29)(H,28,30). The number of hydrogen-bond acceptors (Lipinski definition) is 5. The molecule has 0 atom stereocenters. The molecular weight excluding hydrogens is 454 g/mol. The highest BCUT2D eigenvalue weighted by Crippen LogP contribution is 2.29. The van der Waals surface area contributed by atoms with Gasteiger partial charge >= 0.3 is 0 Å². The molecule has 0 radical (unpaired) electrons. The van der Waals surface area contributed by atoms with E-state index in [1.807, 2.05) is 48.5 Å². The fraction of sp³-hybridized carbons (Fsp3) is 0.200. The molecule has 3 N–H and O–H groups in total. The summed E-state index contributed by atoms with van der Waals surface area (Å²) in [6.07, 6.45) is 2.04. The zero-order valence-corrected chi connectivity index (χ0v) is 19.2. The number of carbonyl (C=O) groups is 2. The molecule has 0 aliphatic heterocycles. The number of sulfonamides is 1. The third-order valence-electron chi connectivity index (χ3n) is 5.31. The lowest BCUT2D eigenvalue weighted by Gasteiger charge is -2.12. The van der Waals surface area contributed by atoms with Crippen LogP contribution in [0.4, 0.5) is 0 Å². The van der Waals surface area contributed by atoms with E-state index in [-0.39, 0.29) is 17.1 Å². The van der Waals surface area contributed by atoms with Crippen LogP contribution >= 0.6 is 0 Å². The van der Waals surface area contributed by atoms with Crippen LogP contribution in [0.3, 0.4) is 0 Å². The molecule has 3 aromatic rings. The summed E-state index contributed by atoms with van der Waals surface area (Å²) in [7, 11) is -3.71. The van der Waals surface area contributed by atoms with Crippen LogP contribution in [0, 0.1) is 5.92 Å². The Morgan fingerprint density at radius 1 is 0.882 bits per heavy atom. The zero-order valence-electron chi connectivity index (χ0n) is 18.4. The van der Waals surface area contributed by atoms with E-state index in [0.717, 1.165) is 24.0 Å². The smallest absolute Gasteiger partial charge is 0.276 e. The molecule has 0 spiro atoms. The first-order chi connectivity index (χ1) is 16.4. The number of amides is 2. The number of nitrogens with one attached hydrogen (secondary N) is 3. The zero-order chi connectivity index (χ0) is 24.0. The second-order valence-corrected chi connectivity index (χ2v) is 9.74. The van der Waals surface area contributed by atoms with Gasteiger partial charge in [0.05, 0.1) is 4.90 Å². The molecule has 3 aromatic carbocycles. The fourth-order valence-corrected chi connectivity index (χ4v) is 4.43. The average Bonchev–Trinajstić information content (AvgIpc) is 3.70. The number of hydrogen-bond donors (Lipinski definition) is 3. The summed E-state index contributed by atoms with van der Waals surface area (Å²) in [4.78, 5) is 24.7. The molecule has 1 saturated carbocycles. The summed E-state index contributed by atoms with van der Waals surface area (Å²) in [5.41, 5.74) is 6.47. The van der Waals surface area contributed by atoms with Crippen LogP contribution in [-0.2, 0) is 14.8 Å². The Kier molecular flexibility index (Phi) is 7.24. The fourth-order valence-electron chi connectivity index (χ4n) is 3.26. The SMILES string of the molecule is O=C(COc1ccccc1-c1ccccc1)NNC(=O)c1cccc(S(=O)(=O)NCC2CC2)c1. The van der Waals surface area contributed by atoms with Gasteiger partial charge in [0.15, 0.2) is 6.61 Å². The van der Waals surface area contributed by atoms with Crippen molar-refractivity contribution in [2.75, 3.05) is 13.2 Å². The Morgan fingerprint density at radius 3 is 2.38 bits per heavy atom. The van der Waals surface area contributed by atoms with Crippen molar-refractivity contribution in [3.63, 3.8) is 0 Å². The van der Waals surface area contributed by atoms with Crippen molar-refractivity contribution in [2.24, 2.45) is 5.92 Å². The molecule has 1 fully saturated rings. The largest absolute Gasteiger partial charge is 0.483 e. The lowest BCUT2D eigenvalue weighted by atomic mass is 10.1. The average molecular weight is 480 g/mol. The first-order valence-corrected chi connectivity index (χ1v) is 12.4. The maximum atomic E-state index is 12.4. The Bertz CT molecular complexity index is 1270. The summed E-state index contributed by atoms with van der Waals surface area (Å²) < 4.78 is 33.1. The van der Waals surface area contributed by atoms with Crippen molar-refractivity contribution in [2.45, 2.75) is 17.7 Å². The minimum Gasteiger partial charge on any atom is -0.483 e. The molecule has 0 heterocycles. The molecule has 2 amide bonds. The summed E-state index contributed by atoms with van der Waals surface area (Å²) in [6, 6.07) is 22.6. The molecule has 8 nitrogen and oxygen atoms in total. The maximum Gasteiger partial charge on any atom is 0.276 e. The number of carbonyl (C=O) groups excluding carboxylic acids is 2. The Balaban J connectivity index is 1.31. The molecule has 9 heteroatoms. The third-order valence-corrected chi connectivity index (χ3v) is 6.73. The van der Waals surface area contributed by atoms with Gasteiger partial charge < -0.3 is 4.74 Å². The number of para-hydroxylation sites is 1. The van der Waals surface area contributed by atoms with Gasteiger partial charge in [0.1, 0.15) is 5.75 Å². The number of ether oxygens (including phenoxy) is 1. The van der Waals surface area contributed by atoms with Gasteiger partial charge in [-0.25, -0.2) is 13.1 Å². The van der Waals surface area contributed by atoms with E-state index >= 15 is 0 Å². The van der Waals surface area contributed by atoms with Gasteiger partial charge in [-0.15, -0.1) is 0 Å². The Labute approximate surface area is 198 Å². The van der Waals surface area contributed by atoms with Gasteiger partial charge in [-0.1, -0.05) is 54.6 Å². The van der Waals surface area contributed by atoms with E-state index in [2.05, 4.69) is 15.6 Å². The Morgan fingerprint density at radius 2 is 1.62 bits per heavy atom. The molecule has 176 valence electrons. The summed E-state index contributed by atoms with van der Waals surface area (Å²) in [6.45, 7) is 0.0752. The topological polar surface area (TPSA) is 114 Å². The molecule has 34 heavy (non-hydrogen) atoms.